The molecule has 1 unspecified atom stereocenters. The van der Waals surface area contributed by atoms with E-state index in [-0.39, 0.29) is 11.5 Å². The molecule has 8 heteroatoms. The van der Waals surface area contributed by atoms with Crippen molar-refractivity contribution in [2.24, 2.45) is 4.99 Å². The molecule has 0 aliphatic carbocycles. The fraction of sp³-hybridized carbons (Fsp3) is 0.565. The molecule has 0 saturated carbocycles. The number of guanidine groups is 1. The maximum Gasteiger partial charge on any atom is 0.191 e. The molecule has 2 aromatic rings. The number of benzene rings is 1. The van der Waals surface area contributed by atoms with Crippen molar-refractivity contribution in [2.45, 2.75) is 38.8 Å². The molecule has 2 N–H and O–H groups in total. The van der Waals surface area contributed by atoms with Crippen LogP contribution in [0.3, 0.4) is 0 Å². The first-order valence-corrected chi connectivity index (χ1v) is 11.6. The molecule has 1 fully saturated rings. The van der Waals surface area contributed by atoms with Crippen molar-refractivity contribution >= 4 is 17.3 Å². The Kier molecular flexibility index (Phi) is 8.28. The Morgan fingerprint density at radius 3 is 2.52 bits per heavy atom. The van der Waals surface area contributed by atoms with E-state index in [1.165, 1.54) is 5.56 Å². The van der Waals surface area contributed by atoms with Crippen LogP contribution < -0.4 is 15.4 Å². The van der Waals surface area contributed by atoms with Crippen LogP contribution in [0.15, 0.2) is 34.6 Å². The lowest BCUT2D eigenvalue weighted by Gasteiger charge is -2.35. The van der Waals surface area contributed by atoms with Gasteiger partial charge >= 0.3 is 0 Å². The summed E-state index contributed by atoms with van der Waals surface area (Å²) >= 11 is 1.69. The average molecular weight is 446 g/mol. The number of hydrogen-bond acceptors (Lipinski definition) is 6. The van der Waals surface area contributed by atoms with Crippen molar-refractivity contribution in [3.05, 3.63) is 45.9 Å². The summed E-state index contributed by atoms with van der Waals surface area (Å²) in [5.41, 5.74) is 2.45. The highest BCUT2D eigenvalue weighted by atomic mass is 32.1. The minimum absolute atomic E-state index is 0.0679. The van der Waals surface area contributed by atoms with Gasteiger partial charge in [-0.3, -0.25) is 9.89 Å². The first kappa shape index (κ1) is 23.5. The van der Waals surface area contributed by atoms with E-state index in [1.807, 2.05) is 12.1 Å². The Bertz CT molecular complexity index is 838. The largest absolute Gasteiger partial charge is 0.497 e. The summed E-state index contributed by atoms with van der Waals surface area (Å²) in [6, 6.07) is 8.54. The maximum absolute atomic E-state index is 5.56. The summed E-state index contributed by atoms with van der Waals surface area (Å²) in [5, 5.41) is 10.1. The van der Waals surface area contributed by atoms with Crippen molar-refractivity contribution in [1.29, 1.82) is 0 Å². The molecule has 0 amide bonds. The fourth-order valence-corrected chi connectivity index (χ4v) is 4.44. The predicted octanol–water partition coefficient (Wildman–Crippen LogP) is 3.19. The number of ether oxygens (including phenoxy) is 2. The van der Waals surface area contributed by atoms with E-state index in [0.29, 0.717) is 6.54 Å². The van der Waals surface area contributed by atoms with Gasteiger partial charge in [-0.1, -0.05) is 32.9 Å². The van der Waals surface area contributed by atoms with Crippen LogP contribution >= 0.6 is 11.3 Å². The topological polar surface area (TPSA) is 71.0 Å². The maximum atomic E-state index is 5.56. The third-order valence-corrected chi connectivity index (χ3v) is 6.25. The number of aliphatic imine (C=N–C) groups is 1. The third-order valence-electron chi connectivity index (χ3n) is 5.40. The number of rotatable bonds is 7. The molecule has 1 saturated heterocycles. The molecule has 0 bridgehead atoms. The van der Waals surface area contributed by atoms with E-state index in [9.17, 15) is 0 Å². The summed E-state index contributed by atoms with van der Waals surface area (Å²) in [7, 11) is 3.49. The zero-order valence-corrected chi connectivity index (χ0v) is 20.1. The molecule has 0 spiro atoms. The van der Waals surface area contributed by atoms with Crippen molar-refractivity contribution in [3.8, 4) is 5.75 Å². The van der Waals surface area contributed by atoms with Gasteiger partial charge in [0.15, 0.2) is 5.96 Å². The van der Waals surface area contributed by atoms with E-state index in [2.05, 4.69) is 58.8 Å². The molecule has 2 heterocycles. The van der Waals surface area contributed by atoms with Gasteiger partial charge < -0.3 is 20.1 Å². The number of aromatic nitrogens is 1. The second-order valence-electron chi connectivity index (χ2n) is 8.62. The Balaban J connectivity index is 1.62. The van der Waals surface area contributed by atoms with Crippen molar-refractivity contribution in [2.75, 3.05) is 47.0 Å². The molecular weight excluding hydrogens is 410 g/mol. The van der Waals surface area contributed by atoms with Crippen LogP contribution in [-0.2, 0) is 16.7 Å². The van der Waals surface area contributed by atoms with E-state index >= 15 is 0 Å². The van der Waals surface area contributed by atoms with Crippen molar-refractivity contribution in [1.82, 2.24) is 20.5 Å². The van der Waals surface area contributed by atoms with Gasteiger partial charge in [0.05, 0.1) is 38.6 Å². The Morgan fingerprint density at radius 2 is 1.94 bits per heavy atom. The van der Waals surface area contributed by atoms with E-state index < -0.39 is 0 Å². The lowest BCUT2D eigenvalue weighted by molar-refractivity contribution is 0.0170. The van der Waals surface area contributed by atoms with Gasteiger partial charge in [-0.15, -0.1) is 11.3 Å². The second-order valence-corrected chi connectivity index (χ2v) is 9.56. The smallest absolute Gasteiger partial charge is 0.191 e. The number of methoxy groups -OCH3 is 1. The van der Waals surface area contributed by atoms with Crippen LogP contribution in [0.4, 0.5) is 0 Å². The first-order chi connectivity index (χ1) is 14.9. The summed E-state index contributed by atoms with van der Waals surface area (Å²) in [5.74, 6) is 1.65. The number of nitrogens with zero attached hydrogens (tertiary/aromatic N) is 3. The molecule has 170 valence electrons. The lowest BCUT2D eigenvalue weighted by Crippen LogP contribution is -2.46. The van der Waals surface area contributed by atoms with E-state index in [4.69, 9.17) is 14.5 Å². The van der Waals surface area contributed by atoms with Gasteiger partial charge in [0.1, 0.15) is 10.8 Å². The summed E-state index contributed by atoms with van der Waals surface area (Å²) in [4.78, 5) is 11.6. The number of hydrogen-bond donors (Lipinski definition) is 2. The summed E-state index contributed by atoms with van der Waals surface area (Å²) < 4.78 is 10.9. The molecule has 31 heavy (non-hydrogen) atoms. The normalized spacial score (nSPS) is 16.7. The number of nitrogens with one attached hydrogen (secondary N) is 2. The summed E-state index contributed by atoms with van der Waals surface area (Å²) in [6.45, 7) is 11.3. The average Bonchev–Trinajstić information content (AvgIpc) is 3.27. The minimum atomic E-state index is 0.0679. The van der Waals surface area contributed by atoms with Gasteiger partial charge in [-0.05, 0) is 17.7 Å². The molecule has 1 aromatic heterocycles. The second kappa shape index (κ2) is 10.9. The predicted molar refractivity (Wildman–Crippen MR) is 127 cm³/mol. The van der Waals surface area contributed by atoms with E-state index in [0.717, 1.165) is 55.3 Å². The highest BCUT2D eigenvalue weighted by Gasteiger charge is 2.23. The van der Waals surface area contributed by atoms with E-state index in [1.54, 1.807) is 25.5 Å². The van der Waals surface area contributed by atoms with Gasteiger partial charge in [0, 0.05) is 37.5 Å². The molecule has 1 aliphatic rings. The van der Waals surface area contributed by atoms with Crippen LogP contribution in [0.5, 0.6) is 5.75 Å². The monoisotopic (exact) mass is 445 g/mol. The van der Waals surface area contributed by atoms with Gasteiger partial charge in [-0.2, -0.15) is 0 Å². The molecule has 0 radical (unpaired) electrons. The van der Waals surface area contributed by atoms with Crippen molar-refractivity contribution in [3.63, 3.8) is 0 Å². The van der Waals surface area contributed by atoms with Gasteiger partial charge in [-0.25, -0.2) is 4.98 Å². The minimum Gasteiger partial charge on any atom is -0.497 e. The first-order valence-electron chi connectivity index (χ1n) is 10.8. The Morgan fingerprint density at radius 1 is 1.23 bits per heavy atom. The lowest BCUT2D eigenvalue weighted by atomic mass is 9.93. The van der Waals surface area contributed by atoms with Crippen LogP contribution in [0, 0.1) is 0 Å². The quantitative estimate of drug-likeness (QED) is 0.504. The Hall–Kier alpha value is -2.16. The summed E-state index contributed by atoms with van der Waals surface area (Å²) in [6.07, 6.45) is 0. The number of morpholine rings is 1. The van der Waals surface area contributed by atoms with Crippen molar-refractivity contribution < 1.29 is 9.47 Å². The molecular formula is C23H35N5O2S. The number of thiazole rings is 1. The molecule has 1 aliphatic heterocycles. The standard InChI is InChI=1S/C23H35N5O2S/c1-23(2,3)20-16-31-21(27-20)15-26-22(24-4)25-14-19(28-10-12-30-13-11-28)17-6-8-18(29-5)9-7-17/h6-9,16,19H,10-15H2,1-5H3,(H2,24,25,26). The molecule has 1 aromatic carbocycles. The molecule has 3 rings (SSSR count). The molecule has 1 atom stereocenters. The van der Waals surface area contributed by atoms with Crippen LogP contribution in [-0.4, -0.2) is 62.8 Å². The highest BCUT2D eigenvalue weighted by Crippen LogP contribution is 2.25. The van der Waals surface area contributed by atoms with Gasteiger partial charge in [0.25, 0.3) is 0 Å². The fourth-order valence-electron chi connectivity index (χ4n) is 3.48. The highest BCUT2D eigenvalue weighted by molar-refractivity contribution is 7.09. The SMILES string of the molecule is CN=C(NCc1nc(C(C)(C)C)cs1)NCC(c1ccc(OC)cc1)N1CCOCC1. The van der Waals surface area contributed by atoms with Gasteiger partial charge in [0.2, 0.25) is 0 Å². The Labute approximate surface area is 189 Å². The van der Waals surface area contributed by atoms with Crippen LogP contribution in [0.2, 0.25) is 0 Å². The zero-order chi connectivity index (χ0) is 22.3. The third kappa shape index (κ3) is 6.66. The van der Waals surface area contributed by atoms with Crippen LogP contribution in [0.25, 0.3) is 0 Å². The zero-order valence-electron chi connectivity index (χ0n) is 19.3. The molecule has 7 nitrogen and oxygen atoms in total. The van der Waals surface area contributed by atoms with Crippen LogP contribution in [0.1, 0.15) is 43.1 Å².